The lowest BCUT2D eigenvalue weighted by Gasteiger charge is -2.07. The van der Waals surface area contributed by atoms with Crippen molar-refractivity contribution in [3.8, 4) is 5.88 Å². The molecule has 7 nitrogen and oxygen atoms in total. The summed E-state index contributed by atoms with van der Waals surface area (Å²) in [6.07, 6.45) is 8.55. The van der Waals surface area contributed by atoms with E-state index in [0.29, 0.717) is 36.9 Å². The first-order chi connectivity index (χ1) is 12.3. The fraction of sp³-hybridized carbons (Fsp3) is 0.625. The number of nitrogens with one attached hydrogen (secondary N) is 1. The summed E-state index contributed by atoms with van der Waals surface area (Å²) >= 11 is 0. The molecule has 25 heavy (non-hydrogen) atoms. The molecule has 2 aromatic rings. The molecule has 1 aliphatic rings. The highest BCUT2D eigenvalue weighted by Gasteiger charge is 2.16. The fourth-order valence-corrected chi connectivity index (χ4v) is 5.73. The van der Waals surface area contributed by atoms with Crippen molar-refractivity contribution in [3.05, 3.63) is 18.2 Å². The first-order valence-corrected chi connectivity index (χ1v) is 11.0. The summed E-state index contributed by atoms with van der Waals surface area (Å²) in [7, 11) is 3.96. The molecule has 3 rings (SSSR count). The van der Waals surface area contributed by atoms with Crippen LogP contribution in [0.2, 0.25) is 0 Å². The number of fused-ring (bicyclic) bond motifs is 1. The smallest absolute Gasteiger partial charge is 0.260 e. The zero-order valence-electron chi connectivity index (χ0n) is 14.3. The number of unbranched alkanes of at least 4 members (excludes halogenated alkanes) is 1. The van der Waals surface area contributed by atoms with Gasteiger partial charge in [-0.2, -0.15) is 0 Å². The van der Waals surface area contributed by atoms with Gasteiger partial charge in [-0.25, -0.2) is 4.98 Å². The number of carbonyl (C=O) groups excluding carboxylic acids is 1. The molecule has 0 radical (unpaired) electrons. The minimum atomic E-state index is 0.0595. The second-order valence-corrected chi connectivity index (χ2v) is 8.61. The molecular formula is C16H23N5O2S2. The van der Waals surface area contributed by atoms with Gasteiger partial charge in [-0.15, -0.1) is 10.2 Å². The number of nitrogens with zero attached hydrogens (tertiary/aromatic N) is 4. The summed E-state index contributed by atoms with van der Waals surface area (Å²) in [6, 6.07) is 0. The lowest BCUT2D eigenvalue weighted by molar-refractivity contribution is -0.121. The molecule has 0 bridgehead atoms. The molecule has 0 unspecified atom stereocenters. The molecule has 0 saturated carbocycles. The second kappa shape index (κ2) is 9.28. The third-order valence-electron chi connectivity index (χ3n) is 4.00. The van der Waals surface area contributed by atoms with E-state index in [1.807, 2.05) is 28.5 Å². The highest BCUT2D eigenvalue weighted by molar-refractivity contribution is 8.77. The number of rotatable bonds is 9. The molecule has 2 aromatic heterocycles. The van der Waals surface area contributed by atoms with Gasteiger partial charge < -0.3 is 10.1 Å². The molecule has 1 atom stereocenters. The zero-order valence-corrected chi connectivity index (χ0v) is 15.9. The molecule has 1 N–H and O–H groups in total. The molecular weight excluding hydrogens is 358 g/mol. The van der Waals surface area contributed by atoms with E-state index in [4.69, 9.17) is 4.74 Å². The molecule has 0 aliphatic carbocycles. The number of hydrogen-bond donors (Lipinski definition) is 1. The van der Waals surface area contributed by atoms with Gasteiger partial charge in [-0.3, -0.25) is 9.20 Å². The summed E-state index contributed by atoms with van der Waals surface area (Å²) in [5.74, 6) is 2.45. The lowest BCUT2D eigenvalue weighted by Crippen LogP contribution is -2.23. The van der Waals surface area contributed by atoms with Crippen LogP contribution in [0.4, 0.5) is 0 Å². The van der Waals surface area contributed by atoms with Crippen molar-refractivity contribution in [3.63, 3.8) is 0 Å². The van der Waals surface area contributed by atoms with Crippen LogP contribution >= 0.6 is 21.6 Å². The summed E-state index contributed by atoms with van der Waals surface area (Å²) in [6.45, 7) is 2.77. The lowest BCUT2D eigenvalue weighted by atomic mass is 10.1. The molecule has 9 heteroatoms. The van der Waals surface area contributed by atoms with Gasteiger partial charge in [0.15, 0.2) is 5.82 Å². The van der Waals surface area contributed by atoms with E-state index < -0.39 is 0 Å². The van der Waals surface area contributed by atoms with Gasteiger partial charge in [-0.1, -0.05) is 28.0 Å². The Labute approximate surface area is 155 Å². The van der Waals surface area contributed by atoms with Gasteiger partial charge in [-0.05, 0) is 26.2 Å². The van der Waals surface area contributed by atoms with Gasteiger partial charge in [0.05, 0.1) is 13.2 Å². The monoisotopic (exact) mass is 381 g/mol. The van der Waals surface area contributed by atoms with Crippen molar-refractivity contribution < 1.29 is 9.53 Å². The maximum absolute atomic E-state index is 12.0. The van der Waals surface area contributed by atoms with E-state index in [1.165, 1.54) is 18.6 Å². The number of carbonyl (C=O) groups is 1. The number of aromatic nitrogens is 4. The van der Waals surface area contributed by atoms with Gasteiger partial charge in [0.1, 0.15) is 0 Å². The minimum absolute atomic E-state index is 0.0595. The van der Waals surface area contributed by atoms with Crippen molar-refractivity contribution in [2.45, 2.75) is 50.8 Å². The van der Waals surface area contributed by atoms with Crippen LogP contribution in [0.15, 0.2) is 12.4 Å². The van der Waals surface area contributed by atoms with Gasteiger partial charge in [0.25, 0.3) is 5.88 Å². The predicted molar refractivity (Wildman–Crippen MR) is 101 cm³/mol. The summed E-state index contributed by atoms with van der Waals surface area (Å²) in [5, 5.41) is 11.9. The van der Waals surface area contributed by atoms with Gasteiger partial charge in [0, 0.05) is 29.8 Å². The molecule has 1 aliphatic heterocycles. The van der Waals surface area contributed by atoms with Crippen molar-refractivity contribution in [1.29, 1.82) is 0 Å². The predicted octanol–water partition coefficient (Wildman–Crippen LogP) is 2.85. The summed E-state index contributed by atoms with van der Waals surface area (Å²) in [5.41, 5.74) is 0.570. The molecule has 1 saturated heterocycles. The normalized spacial score (nSPS) is 17.1. The van der Waals surface area contributed by atoms with E-state index in [-0.39, 0.29) is 5.91 Å². The van der Waals surface area contributed by atoms with E-state index in [1.54, 1.807) is 16.8 Å². The van der Waals surface area contributed by atoms with E-state index in [9.17, 15) is 4.79 Å². The third-order valence-corrected chi connectivity index (χ3v) is 7.00. The highest BCUT2D eigenvalue weighted by atomic mass is 33.1. The largest absolute Gasteiger partial charge is 0.475 e. The van der Waals surface area contributed by atoms with Crippen molar-refractivity contribution in [2.24, 2.45) is 0 Å². The first-order valence-electron chi connectivity index (χ1n) is 8.64. The Balaban J connectivity index is 1.44. The Morgan fingerprint density at radius 2 is 2.36 bits per heavy atom. The second-order valence-electron chi connectivity index (χ2n) is 5.83. The first kappa shape index (κ1) is 18.3. The third kappa shape index (κ3) is 5.01. The number of ether oxygens (including phenoxy) is 1. The van der Waals surface area contributed by atoms with Crippen LogP contribution in [0.1, 0.15) is 44.9 Å². The van der Waals surface area contributed by atoms with E-state index in [2.05, 4.69) is 20.5 Å². The fourth-order valence-electron chi connectivity index (χ4n) is 2.70. The quantitative estimate of drug-likeness (QED) is 0.528. The van der Waals surface area contributed by atoms with Crippen LogP contribution in [0.5, 0.6) is 5.88 Å². The molecule has 1 fully saturated rings. The Kier molecular flexibility index (Phi) is 6.80. The van der Waals surface area contributed by atoms with Crippen LogP contribution in [-0.4, -0.2) is 43.1 Å². The van der Waals surface area contributed by atoms with Crippen LogP contribution in [0.25, 0.3) is 5.65 Å². The Morgan fingerprint density at radius 1 is 1.44 bits per heavy atom. The van der Waals surface area contributed by atoms with Crippen molar-refractivity contribution in [1.82, 2.24) is 24.9 Å². The maximum Gasteiger partial charge on any atom is 0.260 e. The number of hydrogen-bond acceptors (Lipinski definition) is 7. The van der Waals surface area contributed by atoms with Gasteiger partial charge >= 0.3 is 0 Å². The van der Waals surface area contributed by atoms with Crippen LogP contribution in [0, 0.1) is 0 Å². The van der Waals surface area contributed by atoms with Crippen LogP contribution in [0.3, 0.4) is 0 Å². The minimum Gasteiger partial charge on any atom is -0.475 e. The van der Waals surface area contributed by atoms with Crippen molar-refractivity contribution >= 4 is 33.1 Å². The van der Waals surface area contributed by atoms with Crippen molar-refractivity contribution in [2.75, 3.05) is 12.4 Å². The molecule has 136 valence electrons. The molecule has 1 amide bonds. The summed E-state index contributed by atoms with van der Waals surface area (Å²) < 4.78 is 7.24. The Bertz CT molecular complexity index is 703. The van der Waals surface area contributed by atoms with E-state index in [0.717, 1.165) is 18.1 Å². The Morgan fingerprint density at radius 3 is 3.16 bits per heavy atom. The SMILES string of the molecule is CCOc1nccn2c(CNC(=O)CCCC[C@H]3CCSS3)nnc12. The van der Waals surface area contributed by atoms with Gasteiger partial charge in [0.2, 0.25) is 11.6 Å². The molecule has 0 spiro atoms. The maximum atomic E-state index is 12.0. The Hall–Kier alpha value is -1.48. The number of amides is 1. The standard InChI is InChI=1S/C16H23N5O2S2/c1-2-23-16-15-20-19-13(21(15)9-8-17-16)11-18-14(22)6-4-3-5-12-7-10-24-25-12/h8-9,12H,2-7,10-11H2,1H3,(H,18,22)/t12-/m0/s1. The van der Waals surface area contributed by atoms with Crippen LogP contribution in [-0.2, 0) is 11.3 Å². The highest BCUT2D eigenvalue weighted by Crippen LogP contribution is 2.39. The topological polar surface area (TPSA) is 81.4 Å². The average Bonchev–Trinajstić information content (AvgIpc) is 3.27. The average molecular weight is 382 g/mol. The zero-order chi connectivity index (χ0) is 17.5. The molecule has 0 aromatic carbocycles. The molecule has 3 heterocycles. The van der Waals surface area contributed by atoms with Crippen LogP contribution < -0.4 is 10.1 Å². The summed E-state index contributed by atoms with van der Waals surface area (Å²) in [4.78, 5) is 16.2. The van der Waals surface area contributed by atoms with E-state index >= 15 is 0 Å².